The molecule has 44 heavy (non-hydrogen) atoms. The van der Waals surface area contributed by atoms with Gasteiger partial charge < -0.3 is 15.8 Å². The third-order valence-corrected chi connectivity index (χ3v) is 9.37. The monoisotopic (exact) mass is 623 g/mol. The Morgan fingerprint density at radius 2 is 1.45 bits per heavy atom. The first kappa shape index (κ1) is 30.5. The summed E-state index contributed by atoms with van der Waals surface area (Å²) >= 11 is 2.94. The second kappa shape index (κ2) is 14.0. The van der Waals surface area contributed by atoms with Crippen molar-refractivity contribution in [2.24, 2.45) is 5.16 Å². The van der Waals surface area contributed by atoms with E-state index in [-0.39, 0.29) is 17.4 Å². The number of nitro groups is 1. The Labute approximate surface area is 262 Å². The van der Waals surface area contributed by atoms with Crippen LogP contribution in [0.2, 0.25) is 0 Å². The molecule has 0 bridgehead atoms. The fourth-order valence-electron chi connectivity index (χ4n) is 4.83. The van der Waals surface area contributed by atoms with Gasteiger partial charge in [0.1, 0.15) is 11.9 Å². The van der Waals surface area contributed by atoms with Gasteiger partial charge in [-0.05, 0) is 35.7 Å². The van der Waals surface area contributed by atoms with Crippen molar-refractivity contribution in [1.82, 2.24) is 10.3 Å². The van der Waals surface area contributed by atoms with Gasteiger partial charge in [-0.3, -0.25) is 14.9 Å². The molecule has 1 aromatic heterocycles. The fourth-order valence-corrected chi connectivity index (χ4v) is 7.16. The summed E-state index contributed by atoms with van der Waals surface area (Å²) in [6.45, 7) is 1.50. The van der Waals surface area contributed by atoms with Crippen LogP contribution >= 0.6 is 23.1 Å². The number of nitrogens with one attached hydrogen (secondary N) is 2. The second-order valence-corrected chi connectivity index (χ2v) is 11.9. The molecule has 0 aliphatic rings. The Kier molecular flexibility index (Phi) is 9.68. The molecule has 0 aliphatic carbocycles. The molecule has 1 heterocycles. The number of oxime groups is 1. The zero-order valence-electron chi connectivity index (χ0n) is 23.7. The Morgan fingerprint density at radius 1 is 0.932 bits per heavy atom. The summed E-state index contributed by atoms with van der Waals surface area (Å²) in [4.78, 5) is 28.8. The van der Waals surface area contributed by atoms with E-state index in [0.717, 1.165) is 22.3 Å². The summed E-state index contributed by atoms with van der Waals surface area (Å²) < 4.78 is -0.656. The highest BCUT2D eigenvalue weighted by Crippen LogP contribution is 2.48. The molecule has 0 spiro atoms. The summed E-state index contributed by atoms with van der Waals surface area (Å²) in [5.74, 6) is -0.00344. The molecular weight excluding hydrogens is 595 g/mol. The van der Waals surface area contributed by atoms with Crippen LogP contribution in [0.5, 0.6) is 0 Å². The third kappa shape index (κ3) is 6.80. The van der Waals surface area contributed by atoms with Crippen LogP contribution in [0.1, 0.15) is 23.6 Å². The minimum Gasteiger partial charge on any atom is -0.409 e. The molecule has 4 aromatic carbocycles. The summed E-state index contributed by atoms with van der Waals surface area (Å²) in [7, 11) is 0. The molecule has 0 aliphatic heterocycles. The van der Waals surface area contributed by atoms with Crippen LogP contribution in [0.25, 0.3) is 11.3 Å². The van der Waals surface area contributed by atoms with Crippen molar-refractivity contribution >= 4 is 45.7 Å². The van der Waals surface area contributed by atoms with Crippen LogP contribution in [0.4, 0.5) is 10.8 Å². The van der Waals surface area contributed by atoms with E-state index in [4.69, 9.17) is 0 Å². The molecule has 222 valence electrons. The molecule has 5 aromatic rings. The van der Waals surface area contributed by atoms with Gasteiger partial charge in [0.15, 0.2) is 5.13 Å². The highest BCUT2D eigenvalue weighted by Gasteiger charge is 2.38. The number of non-ortho nitro benzene ring substituents is 1. The molecule has 1 atom stereocenters. The quantitative estimate of drug-likeness (QED) is 0.0356. The first-order valence-corrected chi connectivity index (χ1v) is 15.5. The average Bonchev–Trinajstić information content (AvgIpc) is 3.54. The molecule has 0 saturated carbocycles. The van der Waals surface area contributed by atoms with E-state index in [1.807, 2.05) is 60.0 Å². The lowest BCUT2D eigenvalue weighted by molar-refractivity contribution is -0.384. The van der Waals surface area contributed by atoms with Gasteiger partial charge in [-0.1, -0.05) is 96.2 Å². The predicted molar refractivity (Wildman–Crippen MR) is 176 cm³/mol. The molecular formula is C33H29N5O4S2. The molecule has 0 fully saturated rings. The number of anilines is 1. The van der Waals surface area contributed by atoms with Crippen LogP contribution in [0.15, 0.2) is 126 Å². The third-order valence-electron chi connectivity index (χ3n) is 6.95. The molecule has 0 saturated heterocycles. The van der Waals surface area contributed by atoms with Crippen molar-refractivity contribution in [3.63, 3.8) is 0 Å². The van der Waals surface area contributed by atoms with E-state index in [2.05, 4.69) is 57.2 Å². The first-order chi connectivity index (χ1) is 21.4. The number of carbonyl (C=O) groups is 1. The summed E-state index contributed by atoms with van der Waals surface area (Å²) in [5, 5.41) is 31.7. The van der Waals surface area contributed by atoms with Crippen molar-refractivity contribution < 1.29 is 14.9 Å². The highest BCUT2D eigenvalue weighted by atomic mass is 32.2. The highest BCUT2D eigenvalue weighted by molar-refractivity contribution is 8.00. The lowest BCUT2D eigenvalue weighted by Crippen LogP contribution is -2.44. The van der Waals surface area contributed by atoms with Gasteiger partial charge in [0.05, 0.1) is 15.4 Å². The van der Waals surface area contributed by atoms with Gasteiger partial charge in [0.2, 0.25) is 5.91 Å². The number of amides is 1. The topological polar surface area (TPSA) is 130 Å². The van der Waals surface area contributed by atoms with Crippen LogP contribution < -0.4 is 10.6 Å². The SMILES string of the molecule is C/C(=N\O)NC(=O)[C@H](CSC(c1ccccc1)(c1ccccc1)c1ccccc1)Nc1nc(-c2ccc([N+](=O)[O-])cc2)cs1. The molecule has 0 radical (unpaired) electrons. The maximum Gasteiger partial charge on any atom is 0.269 e. The maximum atomic E-state index is 13.6. The van der Waals surface area contributed by atoms with Crippen molar-refractivity contribution in [2.45, 2.75) is 17.7 Å². The number of carbonyl (C=O) groups excluding carboxylic acids is 1. The number of rotatable bonds is 11. The average molecular weight is 624 g/mol. The molecule has 11 heteroatoms. The van der Waals surface area contributed by atoms with Crippen molar-refractivity contribution in [1.29, 1.82) is 0 Å². The first-order valence-electron chi connectivity index (χ1n) is 13.7. The number of hydrogen-bond donors (Lipinski definition) is 3. The van der Waals surface area contributed by atoms with Crippen LogP contribution in [0.3, 0.4) is 0 Å². The van der Waals surface area contributed by atoms with E-state index in [1.54, 1.807) is 23.9 Å². The minimum atomic E-state index is -0.775. The Balaban J connectivity index is 1.50. The Morgan fingerprint density at radius 3 is 1.93 bits per heavy atom. The zero-order valence-corrected chi connectivity index (χ0v) is 25.3. The van der Waals surface area contributed by atoms with Crippen molar-refractivity contribution in [2.75, 3.05) is 11.1 Å². The number of benzene rings is 4. The van der Waals surface area contributed by atoms with Crippen molar-refractivity contribution in [3.05, 3.63) is 147 Å². The zero-order chi connectivity index (χ0) is 30.9. The maximum absolute atomic E-state index is 13.6. The lowest BCUT2D eigenvalue weighted by Gasteiger charge is -2.36. The molecule has 5 rings (SSSR count). The number of nitro benzene ring substituents is 1. The van der Waals surface area contributed by atoms with E-state index in [9.17, 15) is 20.1 Å². The van der Waals surface area contributed by atoms with Gasteiger partial charge in [0.25, 0.3) is 5.69 Å². The number of hydrogen-bond acceptors (Lipinski definition) is 9. The summed E-state index contributed by atoms with van der Waals surface area (Å²) in [6.07, 6.45) is 0. The predicted octanol–water partition coefficient (Wildman–Crippen LogP) is 7.15. The molecule has 3 N–H and O–H groups in total. The van der Waals surface area contributed by atoms with Gasteiger partial charge in [-0.2, -0.15) is 0 Å². The smallest absolute Gasteiger partial charge is 0.269 e. The van der Waals surface area contributed by atoms with Gasteiger partial charge >= 0.3 is 0 Å². The number of nitrogens with zero attached hydrogens (tertiary/aromatic N) is 3. The number of aromatic nitrogens is 1. The Hall–Kier alpha value is -5.00. The molecule has 1 amide bonds. The number of thioether (sulfide) groups is 1. The van der Waals surface area contributed by atoms with Crippen LogP contribution in [0, 0.1) is 10.1 Å². The van der Waals surface area contributed by atoms with Gasteiger partial charge in [-0.25, -0.2) is 4.98 Å². The minimum absolute atomic E-state index is 0.00395. The van der Waals surface area contributed by atoms with E-state index >= 15 is 0 Å². The van der Waals surface area contributed by atoms with E-state index < -0.39 is 15.7 Å². The number of amidine groups is 1. The standard InChI is InChI=1S/C33H29N5O4S2/c1-23(37-40)34-31(39)30(36-32-35-29(21-43-32)24-17-19-28(20-18-24)38(41)42)22-44-33(25-11-5-2-6-12-25,26-13-7-3-8-14-26)27-15-9-4-10-16-27/h2-21,30,40H,22H2,1H3,(H,35,36)(H,34,37,39)/t30-/m0/s1. The van der Waals surface area contributed by atoms with Crippen LogP contribution in [-0.2, 0) is 9.54 Å². The summed E-state index contributed by atoms with van der Waals surface area (Å²) in [6, 6.07) is 35.9. The molecule has 9 nitrogen and oxygen atoms in total. The lowest BCUT2D eigenvalue weighted by atomic mass is 9.84. The fraction of sp³-hybridized carbons (Fsp3) is 0.121. The summed E-state index contributed by atoms with van der Waals surface area (Å²) in [5.41, 5.74) is 4.52. The van der Waals surface area contributed by atoms with E-state index in [1.165, 1.54) is 30.4 Å². The second-order valence-electron chi connectivity index (χ2n) is 9.80. The number of thiazole rings is 1. The van der Waals surface area contributed by atoms with Crippen molar-refractivity contribution in [3.8, 4) is 11.3 Å². The molecule has 0 unspecified atom stereocenters. The van der Waals surface area contributed by atoms with Gasteiger partial charge in [0, 0.05) is 28.8 Å². The van der Waals surface area contributed by atoms with E-state index in [0.29, 0.717) is 16.6 Å². The largest absolute Gasteiger partial charge is 0.409 e. The Bertz CT molecular complexity index is 1630. The van der Waals surface area contributed by atoms with Crippen LogP contribution in [-0.4, -0.2) is 38.7 Å². The normalized spacial score (nSPS) is 12.3. The van der Waals surface area contributed by atoms with Gasteiger partial charge in [-0.15, -0.1) is 23.1 Å².